The number of nitrogens with zero attached hydrogens (tertiary/aromatic N) is 4. The molecule has 1 aliphatic rings. The standard InChI is InChI=1S/C16H23N5OS.2ClH/c1-16(2,3)15-19-10-12(23-15)14(22)21-8-5-17-9-11(21)13-18-6-7-20(13)4;;/h6-7,10-11,17H,5,8-9H2,1-4H3;2*1H. The second-order valence-electron chi connectivity index (χ2n) is 6.89. The van der Waals surface area contributed by atoms with Gasteiger partial charge in [0, 0.05) is 44.5 Å². The quantitative estimate of drug-likeness (QED) is 0.833. The molecule has 6 nitrogen and oxygen atoms in total. The topological polar surface area (TPSA) is 63.1 Å². The molecule has 25 heavy (non-hydrogen) atoms. The van der Waals surface area contributed by atoms with Gasteiger partial charge in [-0.3, -0.25) is 4.79 Å². The van der Waals surface area contributed by atoms with E-state index in [1.165, 1.54) is 11.3 Å². The predicted molar refractivity (Wildman–Crippen MR) is 105 cm³/mol. The molecule has 0 spiro atoms. The van der Waals surface area contributed by atoms with E-state index in [2.05, 4.69) is 36.1 Å². The second-order valence-corrected chi connectivity index (χ2v) is 7.93. The smallest absolute Gasteiger partial charge is 0.266 e. The highest BCUT2D eigenvalue weighted by Crippen LogP contribution is 2.29. The first-order valence-electron chi connectivity index (χ1n) is 7.83. The summed E-state index contributed by atoms with van der Waals surface area (Å²) in [7, 11) is 1.96. The molecule has 1 unspecified atom stereocenters. The van der Waals surface area contributed by atoms with Crippen molar-refractivity contribution in [2.24, 2.45) is 7.05 Å². The minimum atomic E-state index is -0.0450. The summed E-state index contributed by atoms with van der Waals surface area (Å²) < 4.78 is 1.98. The van der Waals surface area contributed by atoms with Gasteiger partial charge in [-0.05, 0) is 0 Å². The summed E-state index contributed by atoms with van der Waals surface area (Å²) in [4.78, 5) is 24.5. The first-order chi connectivity index (χ1) is 10.9. The summed E-state index contributed by atoms with van der Waals surface area (Å²) in [6.07, 6.45) is 5.40. The molecule has 0 aromatic carbocycles. The molecule has 0 radical (unpaired) electrons. The molecule has 1 atom stereocenters. The monoisotopic (exact) mass is 405 g/mol. The van der Waals surface area contributed by atoms with Crippen molar-refractivity contribution >= 4 is 42.1 Å². The number of rotatable bonds is 2. The van der Waals surface area contributed by atoms with Crippen molar-refractivity contribution in [3.63, 3.8) is 0 Å². The van der Waals surface area contributed by atoms with Gasteiger partial charge in [0.1, 0.15) is 16.7 Å². The lowest BCUT2D eigenvalue weighted by atomic mass is 9.98. The molecular weight excluding hydrogens is 381 g/mol. The largest absolute Gasteiger partial charge is 0.336 e. The SMILES string of the molecule is Cl.Cl.Cn1ccnc1C1CNCCN1C(=O)c1cnc(C(C)(C)C)s1. The Morgan fingerprint density at radius 2 is 2.04 bits per heavy atom. The Morgan fingerprint density at radius 1 is 1.32 bits per heavy atom. The minimum Gasteiger partial charge on any atom is -0.336 e. The Morgan fingerprint density at radius 3 is 2.60 bits per heavy atom. The number of aromatic nitrogens is 3. The fourth-order valence-electron chi connectivity index (χ4n) is 2.74. The van der Waals surface area contributed by atoms with Crippen molar-refractivity contribution < 1.29 is 4.79 Å². The third kappa shape index (κ3) is 4.53. The van der Waals surface area contributed by atoms with Crippen molar-refractivity contribution in [3.05, 3.63) is 34.3 Å². The molecule has 1 amide bonds. The molecule has 0 aliphatic carbocycles. The molecule has 140 valence electrons. The van der Waals surface area contributed by atoms with Crippen LogP contribution in [0.4, 0.5) is 0 Å². The van der Waals surface area contributed by atoms with Gasteiger partial charge in [-0.15, -0.1) is 36.2 Å². The predicted octanol–water partition coefficient (Wildman–Crippen LogP) is 2.80. The Hall–Kier alpha value is -1.15. The highest BCUT2D eigenvalue weighted by Gasteiger charge is 2.32. The van der Waals surface area contributed by atoms with Gasteiger partial charge < -0.3 is 14.8 Å². The maximum Gasteiger partial charge on any atom is 0.266 e. The van der Waals surface area contributed by atoms with Crippen LogP contribution >= 0.6 is 36.2 Å². The summed E-state index contributed by atoms with van der Waals surface area (Å²) in [6, 6.07) is -0.0450. The Labute approximate surface area is 164 Å². The van der Waals surface area contributed by atoms with E-state index in [1.54, 1.807) is 12.4 Å². The van der Waals surface area contributed by atoms with Gasteiger partial charge >= 0.3 is 0 Å². The molecule has 1 aliphatic heterocycles. The van der Waals surface area contributed by atoms with Crippen molar-refractivity contribution in [1.82, 2.24) is 24.8 Å². The lowest BCUT2D eigenvalue weighted by Gasteiger charge is -2.35. The highest BCUT2D eigenvalue weighted by atomic mass is 35.5. The third-order valence-corrected chi connectivity index (χ3v) is 5.43. The molecule has 2 aromatic heterocycles. The molecule has 1 N–H and O–H groups in total. The lowest BCUT2D eigenvalue weighted by Crippen LogP contribution is -2.49. The van der Waals surface area contributed by atoms with Gasteiger partial charge in [0.05, 0.1) is 11.2 Å². The molecule has 0 bridgehead atoms. The first-order valence-corrected chi connectivity index (χ1v) is 8.65. The van der Waals surface area contributed by atoms with E-state index in [0.29, 0.717) is 11.4 Å². The Balaban J connectivity index is 0.00000156. The molecule has 3 rings (SSSR count). The van der Waals surface area contributed by atoms with Crippen LogP contribution in [0.1, 0.15) is 47.3 Å². The molecule has 3 heterocycles. The van der Waals surface area contributed by atoms with Gasteiger partial charge in [-0.1, -0.05) is 20.8 Å². The number of carbonyl (C=O) groups excluding carboxylic acids is 1. The fourth-order valence-corrected chi connectivity index (χ4v) is 3.67. The zero-order valence-electron chi connectivity index (χ0n) is 14.9. The van der Waals surface area contributed by atoms with Crippen LogP contribution in [0.5, 0.6) is 0 Å². The number of carbonyl (C=O) groups is 1. The van der Waals surface area contributed by atoms with Crippen LogP contribution in [0.15, 0.2) is 18.6 Å². The summed E-state index contributed by atoms with van der Waals surface area (Å²) in [5.74, 6) is 0.957. The van der Waals surface area contributed by atoms with Crippen molar-refractivity contribution in [2.75, 3.05) is 19.6 Å². The zero-order valence-corrected chi connectivity index (χ0v) is 17.3. The van der Waals surface area contributed by atoms with Crippen LogP contribution in [0.3, 0.4) is 0 Å². The van der Waals surface area contributed by atoms with Crippen molar-refractivity contribution in [3.8, 4) is 0 Å². The molecule has 2 aromatic rings. The summed E-state index contributed by atoms with van der Waals surface area (Å²) in [6.45, 7) is 8.54. The number of amides is 1. The van der Waals surface area contributed by atoms with Crippen LogP contribution in [-0.4, -0.2) is 45.0 Å². The van der Waals surface area contributed by atoms with Crippen LogP contribution in [0.2, 0.25) is 0 Å². The van der Waals surface area contributed by atoms with E-state index in [-0.39, 0.29) is 42.2 Å². The Bertz CT molecular complexity index is 709. The molecule has 9 heteroatoms. The van der Waals surface area contributed by atoms with Crippen LogP contribution in [0, 0.1) is 0 Å². The van der Waals surface area contributed by atoms with E-state index in [1.807, 2.05) is 22.7 Å². The maximum absolute atomic E-state index is 13.0. The minimum absolute atomic E-state index is 0. The normalized spacial score (nSPS) is 17.6. The van der Waals surface area contributed by atoms with E-state index >= 15 is 0 Å². The summed E-state index contributed by atoms with van der Waals surface area (Å²) in [5, 5.41) is 4.35. The molecule has 1 fully saturated rings. The third-order valence-electron chi connectivity index (χ3n) is 4.02. The number of aryl methyl sites for hydroxylation is 1. The van der Waals surface area contributed by atoms with Gasteiger partial charge in [0.15, 0.2) is 0 Å². The zero-order chi connectivity index (χ0) is 16.6. The molecule has 1 saturated heterocycles. The van der Waals surface area contributed by atoms with Gasteiger partial charge in [-0.2, -0.15) is 0 Å². The Kier molecular flexibility index (Phi) is 7.43. The number of hydrogen-bond acceptors (Lipinski definition) is 5. The second kappa shape index (κ2) is 8.49. The maximum atomic E-state index is 13.0. The van der Waals surface area contributed by atoms with Crippen LogP contribution in [0.25, 0.3) is 0 Å². The van der Waals surface area contributed by atoms with Gasteiger partial charge in [-0.25, -0.2) is 9.97 Å². The van der Waals surface area contributed by atoms with E-state index < -0.39 is 0 Å². The van der Waals surface area contributed by atoms with Crippen LogP contribution < -0.4 is 5.32 Å². The van der Waals surface area contributed by atoms with E-state index in [9.17, 15) is 4.79 Å². The average Bonchev–Trinajstić information content (AvgIpc) is 3.15. The van der Waals surface area contributed by atoms with Crippen LogP contribution in [-0.2, 0) is 12.5 Å². The first kappa shape index (κ1) is 21.9. The van der Waals surface area contributed by atoms with E-state index in [4.69, 9.17) is 0 Å². The fraction of sp³-hybridized carbons (Fsp3) is 0.562. The molecule has 0 saturated carbocycles. The number of halogens is 2. The summed E-state index contributed by atoms with van der Waals surface area (Å²) in [5.41, 5.74) is -0.0360. The van der Waals surface area contributed by atoms with Gasteiger partial charge in [0.2, 0.25) is 0 Å². The number of hydrogen-bond donors (Lipinski definition) is 1. The lowest BCUT2D eigenvalue weighted by molar-refractivity contribution is 0.0625. The number of piperazine rings is 1. The summed E-state index contributed by atoms with van der Waals surface area (Å²) >= 11 is 1.50. The van der Waals surface area contributed by atoms with E-state index in [0.717, 1.165) is 23.9 Å². The average molecular weight is 406 g/mol. The number of thiazole rings is 1. The van der Waals surface area contributed by atoms with Crippen molar-refractivity contribution in [1.29, 1.82) is 0 Å². The van der Waals surface area contributed by atoms with Crippen molar-refractivity contribution in [2.45, 2.75) is 32.2 Å². The van der Waals surface area contributed by atoms with Gasteiger partial charge in [0.25, 0.3) is 5.91 Å². The number of nitrogens with one attached hydrogen (secondary N) is 1. The number of imidazole rings is 1. The molecular formula is C16H25Cl2N5OS. The highest BCUT2D eigenvalue weighted by molar-refractivity contribution is 7.13.